The zero-order valence-corrected chi connectivity index (χ0v) is 13.6. The number of hydrogen-bond donors (Lipinski definition) is 1. The van der Waals surface area contributed by atoms with Crippen molar-refractivity contribution in [2.24, 2.45) is 0 Å². The molecule has 0 aliphatic heterocycles. The van der Waals surface area contributed by atoms with E-state index in [9.17, 15) is 9.59 Å². The summed E-state index contributed by atoms with van der Waals surface area (Å²) in [5, 5.41) is 0.906. The fourth-order valence-corrected chi connectivity index (χ4v) is 2.41. The number of aromatic amines is 1. The minimum Gasteiger partial charge on any atom is -0.465 e. The number of rotatable bonds is 3. The van der Waals surface area contributed by atoms with Gasteiger partial charge in [-0.15, -0.1) is 0 Å². The number of carbonyl (C=O) groups excluding carboxylic acids is 2. The molecule has 0 saturated heterocycles. The number of methoxy groups -OCH3 is 1. The molecule has 0 fully saturated rings. The van der Waals surface area contributed by atoms with Gasteiger partial charge in [0, 0.05) is 10.9 Å². The Morgan fingerprint density at radius 3 is 2.36 bits per heavy atom. The topological polar surface area (TPSA) is 68.4 Å². The lowest BCUT2D eigenvalue weighted by atomic mass is 9.84. The molecular formula is C17H21NO4. The van der Waals surface area contributed by atoms with Crippen molar-refractivity contribution < 1.29 is 19.1 Å². The van der Waals surface area contributed by atoms with Crippen molar-refractivity contribution in [3.8, 4) is 0 Å². The van der Waals surface area contributed by atoms with Crippen LogP contribution in [0.25, 0.3) is 10.9 Å². The van der Waals surface area contributed by atoms with E-state index in [4.69, 9.17) is 9.47 Å². The predicted molar refractivity (Wildman–Crippen MR) is 84.3 cm³/mol. The number of benzene rings is 1. The summed E-state index contributed by atoms with van der Waals surface area (Å²) in [6.07, 6.45) is 0. The second-order valence-corrected chi connectivity index (χ2v) is 6.13. The third kappa shape index (κ3) is 2.98. The maximum Gasteiger partial charge on any atom is 0.354 e. The predicted octanol–water partition coefficient (Wildman–Crippen LogP) is 3.43. The van der Waals surface area contributed by atoms with Gasteiger partial charge >= 0.3 is 11.9 Å². The highest BCUT2D eigenvalue weighted by Crippen LogP contribution is 2.32. The second kappa shape index (κ2) is 5.83. The zero-order chi connectivity index (χ0) is 16.5. The van der Waals surface area contributed by atoms with Gasteiger partial charge in [0.2, 0.25) is 0 Å². The fourth-order valence-electron chi connectivity index (χ4n) is 2.41. The lowest BCUT2D eigenvalue weighted by molar-refractivity contribution is 0.0519. The Bertz CT molecular complexity index is 722. The van der Waals surface area contributed by atoms with Crippen molar-refractivity contribution in [3.63, 3.8) is 0 Å². The molecule has 0 saturated carbocycles. The highest BCUT2D eigenvalue weighted by molar-refractivity contribution is 6.00. The average molecular weight is 303 g/mol. The number of fused-ring (bicyclic) bond motifs is 1. The lowest BCUT2D eigenvalue weighted by Gasteiger charge is -2.21. The summed E-state index contributed by atoms with van der Waals surface area (Å²) < 4.78 is 9.82. The normalized spacial score (nSPS) is 11.5. The van der Waals surface area contributed by atoms with Crippen LogP contribution in [0.2, 0.25) is 0 Å². The molecule has 118 valence electrons. The Labute approximate surface area is 129 Å². The van der Waals surface area contributed by atoms with E-state index in [1.807, 2.05) is 6.07 Å². The van der Waals surface area contributed by atoms with Crippen LogP contribution < -0.4 is 0 Å². The molecule has 2 aromatic rings. The minimum atomic E-state index is -0.404. The number of aromatic nitrogens is 1. The van der Waals surface area contributed by atoms with Crippen LogP contribution >= 0.6 is 0 Å². The molecule has 22 heavy (non-hydrogen) atoms. The van der Waals surface area contributed by atoms with Crippen molar-refractivity contribution in [2.45, 2.75) is 33.1 Å². The van der Waals surface area contributed by atoms with Gasteiger partial charge in [0.1, 0.15) is 5.69 Å². The van der Waals surface area contributed by atoms with Gasteiger partial charge in [-0.3, -0.25) is 0 Å². The summed E-state index contributed by atoms with van der Waals surface area (Å²) in [6.45, 7) is 8.24. The van der Waals surface area contributed by atoms with Gasteiger partial charge in [0.05, 0.1) is 19.3 Å². The summed E-state index contributed by atoms with van der Waals surface area (Å²) >= 11 is 0. The largest absolute Gasteiger partial charge is 0.465 e. The average Bonchev–Trinajstić information content (AvgIpc) is 2.88. The number of H-pyrrole nitrogens is 1. The van der Waals surface area contributed by atoms with E-state index in [1.54, 1.807) is 19.1 Å². The molecule has 1 aromatic heterocycles. The molecule has 0 amide bonds. The van der Waals surface area contributed by atoms with Crippen LogP contribution in [-0.4, -0.2) is 30.6 Å². The molecule has 1 aromatic carbocycles. The number of hydrogen-bond acceptors (Lipinski definition) is 4. The van der Waals surface area contributed by atoms with E-state index in [0.29, 0.717) is 17.9 Å². The molecule has 0 atom stereocenters. The van der Waals surface area contributed by atoms with Crippen molar-refractivity contribution in [2.75, 3.05) is 13.7 Å². The first-order chi connectivity index (χ1) is 10.3. The third-order valence-corrected chi connectivity index (χ3v) is 3.46. The third-order valence-electron chi connectivity index (χ3n) is 3.46. The highest BCUT2D eigenvalue weighted by Gasteiger charge is 2.22. The Morgan fingerprint density at radius 1 is 1.14 bits per heavy atom. The lowest BCUT2D eigenvalue weighted by Crippen LogP contribution is -2.13. The molecule has 5 nitrogen and oxygen atoms in total. The van der Waals surface area contributed by atoms with Gasteiger partial charge in [0.15, 0.2) is 0 Å². The first-order valence-corrected chi connectivity index (χ1v) is 7.20. The molecule has 0 aliphatic rings. The van der Waals surface area contributed by atoms with E-state index in [2.05, 4.69) is 25.8 Å². The van der Waals surface area contributed by atoms with Crippen LogP contribution in [0.4, 0.5) is 0 Å². The minimum absolute atomic E-state index is 0.184. The fraction of sp³-hybridized carbons (Fsp3) is 0.412. The molecule has 1 heterocycles. The molecule has 2 rings (SSSR count). The van der Waals surface area contributed by atoms with Crippen LogP contribution in [0.15, 0.2) is 18.2 Å². The van der Waals surface area contributed by atoms with Crippen LogP contribution in [0.1, 0.15) is 54.1 Å². The molecule has 0 bridgehead atoms. The smallest absolute Gasteiger partial charge is 0.354 e. The van der Waals surface area contributed by atoms with Crippen LogP contribution in [0.3, 0.4) is 0 Å². The SMILES string of the molecule is CCOC(=O)c1cc2c(C(C)(C)C)cc(C(=O)OC)cc2[nH]1. The van der Waals surface area contributed by atoms with Gasteiger partial charge < -0.3 is 14.5 Å². The van der Waals surface area contributed by atoms with Crippen LogP contribution in [-0.2, 0) is 14.9 Å². The number of ether oxygens (including phenoxy) is 2. The second-order valence-electron chi connectivity index (χ2n) is 6.13. The van der Waals surface area contributed by atoms with Gasteiger partial charge in [-0.05, 0) is 36.1 Å². The Kier molecular flexibility index (Phi) is 4.26. The Morgan fingerprint density at radius 2 is 1.82 bits per heavy atom. The molecule has 0 unspecified atom stereocenters. The monoisotopic (exact) mass is 303 g/mol. The van der Waals surface area contributed by atoms with Crippen LogP contribution in [0.5, 0.6) is 0 Å². The van der Waals surface area contributed by atoms with E-state index >= 15 is 0 Å². The van der Waals surface area contributed by atoms with Crippen molar-refractivity contribution in [1.29, 1.82) is 0 Å². The maximum absolute atomic E-state index is 11.9. The summed E-state index contributed by atoms with van der Waals surface area (Å²) in [6, 6.07) is 5.28. The number of esters is 2. The van der Waals surface area contributed by atoms with Gasteiger partial charge in [-0.25, -0.2) is 9.59 Å². The molecule has 1 N–H and O–H groups in total. The summed E-state index contributed by atoms with van der Waals surface area (Å²) in [5.74, 6) is -0.808. The van der Waals surface area contributed by atoms with E-state index in [-0.39, 0.29) is 5.41 Å². The first-order valence-electron chi connectivity index (χ1n) is 7.20. The van der Waals surface area contributed by atoms with Gasteiger partial charge in [-0.2, -0.15) is 0 Å². The molecule has 0 aliphatic carbocycles. The molecule has 5 heteroatoms. The Hall–Kier alpha value is -2.30. The maximum atomic E-state index is 11.9. The zero-order valence-electron chi connectivity index (χ0n) is 13.6. The number of nitrogens with one attached hydrogen (secondary N) is 1. The summed E-state index contributed by atoms with van der Waals surface area (Å²) in [5.41, 5.74) is 2.34. The number of carbonyl (C=O) groups is 2. The van der Waals surface area contributed by atoms with Gasteiger partial charge in [0.25, 0.3) is 0 Å². The first kappa shape index (κ1) is 16.1. The van der Waals surface area contributed by atoms with Crippen molar-refractivity contribution in [1.82, 2.24) is 4.98 Å². The van der Waals surface area contributed by atoms with Crippen molar-refractivity contribution >= 4 is 22.8 Å². The standard InChI is InChI=1S/C17H21NO4/c1-6-22-16(20)14-9-11-12(17(2,3)4)7-10(15(19)21-5)8-13(11)18-14/h7-9,18H,6H2,1-5H3. The van der Waals surface area contributed by atoms with E-state index in [0.717, 1.165) is 16.5 Å². The van der Waals surface area contributed by atoms with Crippen LogP contribution in [0, 0.1) is 0 Å². The van der Waals surface area contributed by atoms with E-state index < -0.39 is 11.9 Å². The summed E-state index contributed by atoms with van der Waals surface area (Å²) in [4.78, 5) is 26.8. The highest BCUT2D eigenvalue weighted by atomic mass is 16.5. The van der Waals surface area contributed by atoms with Crippen molar-refractivity contribution in [3.05, 3.63) is 35.0 Å². The van der Waals surface area contributed by atoms with Gasteiger partial charge in [-0.1, -0.05) is 20.8 Å². The quantitative estimate of drug-likeness (QED) is 0.882. The molecule has 0 spiro atoms. The summed E-state index contributed by atoms with van der Waals surface area (Å²) in [7, 11) is 1.35. The molecule has 0 radical (unpaired) electrons. The molecular weight excluding hydrogens is 282 g/mol. The Balaban J connectivity index is 2.67. The van der Waals surface area contributed by atoms with E-state index in [1.165, 1.54) is 7.11 Å².